The van der Waals surface area contributed by atoms with Gasteiger partial charge in [-0.1, -0.05) is 0 Å². The van der Waals surface area contributed by atoms with Crippen molar-refractivity contribution in [1.29, 1.82) is 0 Å². The topological polar surface area (TPSA) is 46.5 Å². The summed E-state index contributed by atoms with van der Waals surface area (Å²) in [7, 11) is 1.37. The zero-order valence-corrected chi connectivity index (χ0v) is 12.0. The number of hydrogen-bond acceptors (Lipinski definition) is 3. The van der Waals surface area contributed by atoms with Gasteiger partial charge in [0.25, 0.3) is 0 Å². The molecule has 0 aliphatic heterocycles. The first-order valence-electron chi connectivity index (χ1n) is 5.03. The van der Waals surface area contributed by atoms with E-state index in [4.69, 9.17) is 4.74 Å². The minimum atomic E-state index is -0.597. The Morgan fingerprint density at radius 3 is 2.60 bits per heavy atom. The predicted molar refractivity (Wildman–Crippen MR) is 59.8 cm³/mol. The number of carbonyl (C=O) groups excluding carboxylic acids is 1. The van der Waals surface area contributed by atoms with Crippen LogP contribution < -0.4 is 0 Å². The van der Waals surface area contributed by atoms with Crippen molar-refractivity contribution in [3.63, 3.8) is 0 Å². The van der Waals surface area contributed by atoms with Crippen LogP contribution in [0.1, 0.15) is 33.6 Å². The van der Waals surface area contributed by atoms with Crippen LogP contribution in [0.3, 0.4) is 0 Å². The van der Waals surface area contributed by atoms with Gasteiger partial charge in [-0.15, -0.1) is 0 Å². The van der Waals surface area contributed by atoms with Crippen molar-refractivity contribution >= 4 is 26.9 Å². The number of ether oxygens (including phenoxy) is 1. The summed E-state index contributed by atoms with van der Waals surface area (Å²) in [6.07, 6.45) is 0.950. The molecule has 0 aromatic carbocycles. The Bertz CT molecular complexity index is 289. The van der Waals surface area contributed by atoms with Gasteiger partial charge in [0.2, 0.25) is 0 Å². The van der Waals surface area contributed by atoms with Crippen LogP contribution in [-0.4, -0.2) is 45.2 Å². The summed E-state index contributed by atoms with van der Waals surface area (Å²) in [4.78, 5) is 11.5. The number of allylic oxidation sites excluding steroid dienone is 1. The summed E-state index contributed by atoms with van der Waals surface area (Å²) in [5.41, 5.74) is 0.551. The Labute approximate surface area is 101 Å². The van der Waals surface area contributed by atoms with Crippen molar-refractivity contribution in [3.05, 3.63) is 9.19 Å². The number of carbonyl (C=O) groups is 1. The van der Waals surface area contributed by atoms with Gasteiger partial charge in [-0.2, -0.15) is 0 Å². The Balaban J connectivity index is 2.91. The fourth-order valence-electron chi connectivity index (χ4n) is 1.57. The Kier molecular flexibility index (Phi) is 4.22. The van der Waals surface area contributed by atoms with Gasteiger partial charge in [0.05, 0.1) is 0 Å². The summed E-state index contributed by atoms with van der Waals surface area (Å²) < 4.78 is 6.17. The zero-order chi connectivity index (χ0) is 11.6. The molecule has 0 aromatic rings. The SMILES string of the molecule is COC(=O)C1=C([Te]C(C)(C)C)CCC1O. The van der Waals surface area contributed by atoms with Crippen LogP contribution in [0, 0.1) is 0 Å². The van der Waals surface area contributed by atoms with Crippen LogP contribution in [0.15, 0.2) is 9.19 Å². The molecule has 1 aliphatic carbocycles. The predicted octanol–water partition coefficient (Wildman–Crippen LogP) is 1.49. The van der Waals surface area contributed by atoms with E-state index in [0.717, 1.165) is 6.42 Å². The summed E-state index contributed by atoms with van der Waals surface area (Å²) in [6, 6.07) is 0. The molecule has 15 heavy (non-hydrogen) atoms. The van der Waals surface area contributed by atoms with E-state index in [9.17, 15) is 9.90 Å². The van der Waals surface area contributed by atoms with Gasteiger partial charge in [0.15, 0.2) is 0 Å². The van der Waals surface area contributed by atoms with Gasteiger partial charge < -0.3 is 0 Å². The van der Waals surface area contributed by atoms with E-state index in [-0.39, 0.29) is 9.43 Å². The molecule has 0 heterocycles. The fourth-order valence-corrected chi connectivity index (χ4v) is 5.25. The quantitative estimate of drug-likeness (QED) is 0.618. The first kappa shape index (κ1) is 13.0. The van der Waals surface area contributed by atoms with Crippen LogP contribution in [0.4, 0.5) is 0 Å². The zero-order valence-electron chi connectivity index (χ0n) is 9.66. The molecule has 3 nitrogen and oxygen atoms in total. The van der Waals surface area contributed by atoms with E-state index >= 15 is 0 Å². The van der Waals surface area contributed by atoms with Crippen LogP contribution in [0.5, 0.6) is 0 Å². The van der Waals surface area contributed by atoms with E-state index in [0.29, 0.717) is 12.0 Å². The second kappa shape index (κ2) is 4.86. The third kappa shape index (κ3) is 3.48. The molecule has 0 fully saturated rings. The standard InChI is InChI=1S/C11H18O3Te/c1-11(2,3)15-8-6-5-7(12)9(8)10(13)14-4/h7,12H,5-6H2,1-4H3. The normalized spacial score (nSPS) is 22.1. The third-order valence-electron chi connectivity index (χ3n) is 2.11. The molecule has 0 amide bonds. The van der Waals surface area contributed by atoms with E-state index in [1.54, 1.807) is 0 Å². The van der Waals surface area contributed by atoms with Crippen LogP contribution in [0.2, 0.25) is 3.46 Å². The Morgan fingerprint density at radius 1 is 1.53 bits per heavy atom. The number of hydrogen-bond donors (Lipinski definition) is 1. The summed E-state index contributed by atoms with van der Waals surface area (Å²) >= 11 is -0.401. The van der Waals surface area contributed by atoms with E-state index in [1.165, 1.54) is 10.7 Å². The van der Waals surface area contributed by atoms with Crippen LogP contribution in [0.25, 0.3) is 0 Å². The number of aliphatic hydroxyl groups excluding tert-OH is 1. The molecule has 0 saturated carbocycles. The van der Waals surface area contributed by atoms with E-state index in [2.05, 4.69) is 20.8 Å². The van der Waals surface area contributed by atoms with Gasteiger partial charge >= 0.3 is 101 Å². The van der Waals surface area contributed by atoms with Crippen molar-refractivity contribution in [3.8, 4) is 0 Å². The maximum absolute atomic E-state index is 11.5. The molecule has 0 radical (unpaired) electrons. The minimum absolute atomic E-state index is 0.268. The Morgan fingerprint density at radius 2 is 2.13 bits per heavy atom. The van der Waals surface area contributed by atoms with Crippen LogP contribution >= 0.6 is 0 Å². The van der Waals surface area contributed by atoms with Gasteiger partial charge in [-0.05, 0) is 0 Å². The number of esters is 1. The average molecular weight is 326 g/mol. The van der Waals surface area contributed by atoms with E-state index < -0.39 is 27.0 Å². The molecule has 0 bridgehead atoms. The monoisotopic (exact) mass is 328 g/mol. The van der Waals surface area contributed by atoms with Crippen molar-refractivity contribution in [2.24, 2.45) is 0 Å². The average Bonchev–Trinajstić information content (AvgIpc) is 2.43. The molecule has 0 aromatic heterocycles. The molecule has 1 atom stereocenters. The number of methoxy groups -OCH3 is 1. The van der Waals surface area contributed by atoms with E-state index in [1.807, 2.05) is 0 Å². The summed E-state index contributed by atoms with van der Waals surface area (Å²) in [5.74, 6) is -0.343. The molecule has 1 aliphatic rings. The molecule has 0 saturated heterocycles. The first-order chi connectivity index (χ1) is 6.85. The third-order valence-corrected chi connectivity index (χ3v) is 5.77. The van der Waals surface area contributed by atoms with Crippen molar-refractivity contribution < 1.29 is 14.6 Å². The fraction of sp³-hybridized carbons (Fsp3) is 0.727. The van der Waals surface area contributed by atoms with Gasteiger partial charge in [0, 0.05) is 0 Å². The summed E-state index contributed by atoms with van der Waals surface area (Å²) in [6.45, 7) is 6.55. The molecule has 4 heteroatoms. The Hall–Kier alpha value is -0.0404. The molecule has 1 rings (SSSR count). The summed E-state index contributed by atoms with van der Waals surface area (Å²) in [5, 5.41) is 9.72. The molecular weight excluding hydrogens is 308 g/mol. The molecule has 1 unspecified atom stereocenters. The molecule has 86 valence electrons. The van der Waals surface area contributed by atoms with Crippen molar-refractivity contribution in [2.45, 2.75) is 43.2 Å². The second-order valence-corrected chi connectivity index (χ2v) is 10.1. The number of rotatable bonds is 2. The first-order valence-corrected chi connectivity index (χ1v) is 7.36. The molecule has 1 N–H and O–H groups in total. The van der Waals surface area contributed by atoms with Gasteiger partial charge in [-0.3, -0.25) is 0 Å². The van der Waals surface area contributed by atoms with Gasteiger partial charge in [-0.25, -0.2) is 0 Å². The molecular formula is C11H18O3Te. The van der Waals surface area contributed by atoms with Crippen molar-refractivity contribution in [2.75, 3.05) is 7.11 Å². The number of aliphatic hydroxyl groups is 1. The maximum atomic E-state index is 11.5. The second-order valence-electron chi connectivity index (χ2n) is 4.60. The van der Waals surface area contributed by atoms with Crippen molar-refractivity contribution in [1.82, 2.24) is 0 Å². The molecule has 0 spiro atoms. The van der Waals surface area contributed by atoms with Crippen LogP contribution in [-0.2, 0) is 9.53 Å². The van der Waals surface area contributed by atoms with Gasteiger partial charge in [0.1, 0.15) is 0 Å².